The fraction of sp³-hybridized carbons (Fsp3) is 0.100. The molecule has 0 atom stereocenters. The Morgan fingerprint density at radius 2 is 2.14 bits per heavy atom. The van der Waals surface area contributed by atoms with Crippen LogP contribution in [-0.4, -0.2) is 10.1 Å². The smallest absolute Gasteiger partial charge is 0.220 e. The lowest BCUT2D eigenvalue weighted by atomic mass is 10.2. The van der Waals surface area contributed by atoms with Crippen LogP contribution in [-0.2, 0) is 6.61 Å². The Morgan fingerprint density at radius 3 is 2.79 bits per heavy atom. The van der Waals surface area contributed by atoms with Crippen molar-refractivity contribution in [1.82, 2.24) is 4.98 Å². The molecule has 2 rings (SSSR count). The van der Waals surface area contributed by atoms with E-state index in [-0.39, 0.29) is 6.61 Å². The zero-order valence-corrected chi connectivity index (χ0v) is 8.03. The Balaban J connectivity index is 2.44. The molecule has 4 heteroatoms. The van der Waals surface area contributed by atoms with Crippen LogP contribution in [0.25, 0.3) is 11.3 Å². The van der Waals surface area contributed by atoms with E-state index in [0.717, 1.165) is 5.56 Å². The number of rotatable bonds is 2. The summed E-state index contributed by atoms with van der Waals surface area (Å²) in [5, 5.41) is 9.38. The molecule has 0 aliphatic heterocycles. The predicted octanol–water partition coefficient (Wildman–Crippen LogP) is 2.49. The molecule has 1 heterocycles. The fourth-order valence-corrected chi connectivity index (χ4v) is 1.40. The second-order valence-corrected chi connectivity index (χ2v) is 3.16. The molecule has 0 radical (unpaired) electrons. The lowest BCUT2D eigenvalue weighted by Gasteiger charge is -1.97. The average Bonchev–Trinajstić information content (AvgIpc) is 2.67. The van der Waals surface area contributed by atoms with Crippen LogP contribution in [0.2, 0.25) is 5.02 Å². The van der Waals surface area contributed by atoms with Crippen molar-refractivity contribution in [2.24, 2.45) is 0 Å². The zero-order chi connectivity index (χ0) is 9.97. The molecule has 3 nitrogen and oxygen atoms in total. The summed E-state index contributed by atoms with van der Waals surface area (Å²) in [5.74, 6) is 0.861. The monoisotopic (exact) mass is 209 g/mol. The van der Waals surface area contributed by atoms with E-state index in [1.165, 1.54) is 0 Å². The number of benzene rings is 1. The number of nitrogens with zero attached hydrogens (tertiary/aromatic N) is 1. The maximum atomic E-state index is 8.78. The Morgan fingerprint density at radius 1 is 1.36 bits per heavy atom. The Bertz CT molecular complexity index is 439. The van der Waals surface area contributed by atoms with E-state index in [1.54, 1.807) is 12.3 Å². The van der Waals surface area contributed by atoms with Crippen LogP contribution in [0.5, 0.6) is 0 Å². The number of hydrogen-bond acceptors (Lipinski definition) is 3. The highest BCUT2D eigenvalue weighted by Gasteiger charge is 2.07. The SMILES string of the molecule is OCc1ncc(-c2ccccc2Cl)o1. The average molecular weight is 210 g/mol. The van der Waals surface area contributed by atoms with Crippen LogP contribution in [0.4, 0.5) is 0 Å². The summed E-state index contributed by atoms with van der Waals surface area (Å²) in [6.45, 7) is -0.204. The van der Waals surface area contributed by atoms with Gasteiger partial charge in [-0.3, -0.25) is 0 Å². The van der Waals surface area contributed by atoms with E-state index >= 15 is 0 Å². The molecule has 72 valence electrons. The maximum absolute atomic E-state index is 8.78. The molecule has 14 heavy (non-hydrogen) atoms. The number of aliphatic hydroxyl groups excluding tert-OH is 1. The summed E-state index contributed by atoms with van der Waals surface area (Å²) >= 11 is 5.96. The Labute approximate surface area is 86.0 Å². The van der Waals surface area contributed by atoms with Crippen LogP contribution in [0, 0.1) is 0 Å². The summed E-state index contributed by atoms with van der Waals surface area (Å²) in [6, 6.07) is 7.32. The van der Waals surface area contributed by atoms with Gasteiger partial charge in [-0.05, 0) is 12.1 Å². The zero-order valence-electron chi connectivity index (χ0n) is 7.27. The molecule has 1 aromatic carbocycles. The molecule has 0 unspecified atom stereocenters. The van der Waals surface area contributed by atoms with Gasteiger partial charge in [0.25, 0.3) is 0 Å². The largest absolute Gasteiger partial charge is 0.438 e. The van der Waals surface area contributed by atoms with Crippen molar-refractivity contribution in [2.75, 3.05) is 0 Å². The van der Waals surface area contributed by atoms with E-state index < -0.39 is 0 Å². The highest BCUT2D eigenvalue weighted by Crippen LogP contribution is 2.27. The molecule has 1 N–H and O–H groups in total. The van der Waals surface area contributed by atoms with Crippen LogP contribution < -0.4 is 0 Å². The van der Waals surface area contributed by atoms with Gasteiger partial charge in [-0.1, -0.05) is 23.7 Å². The van der Waals surface area contributed by atoms with Crippen molar-refractivity contribution in [2.45, 2.75) is 6.61 Å². The number of hydrogen-bond donors (Lipinski definition) is 1. The molecule has 0 spiro atoms. The lowest BCUT2D eigenvalue weighted by Crippen LogP contribution is -1.78. The molecule has 0 saturated heterocycles. The van der Waals surface area contributed by atoms with Crippen molar-refractivity contribution < 1.29 is 9.52 Å². The molecular weight excluding hydrogens is 202 g/mol. The van der Waals surface area contributed by atoms with Gasteiger partial charge < -0.3 is 9.52 Å². The van der Waals surface area contributed by atoms with Gasteiger partial charge in [0.1, 0.15) is 6.61 Å². The number of halogens is 1. The Hall–Kier alpha value is -1.32. The number of oxazole rings is 1. The molecule has 1 aromatic heterocycles. The van der Waals surface area contributed by atoms with Crippen LogP contribution in [0.3, 0.4) is 0 Å². The highest BCUT2D eigenvalue weighted by molar-refractivity contribution is 6.33. The van der Waals surface area contributed by atoms with Gasteiger partial charge in [-0.2, -0.15) is 0 Å². The van der Waals surface area contributed by atoms with Crippen molar-refractivity contribution in [3.05, 3.63) is 41.4 Å². The Kier molecular flexibility index (Phi) is 2.52. The van der Waals surface area contributed by atoms with Crippen molar-refractivity contribution >= 4 is 11.6 Å². The summed E-state index contributed by atoms with van der Waals surface area (Å²) in [5.41, 5.74) is 0.779. The first-order valence-electron chi connectivity index (χ1n) is 4.11. The van der Waals surface area contributed by atoms with E-state index in [9.17, 15) is 0 Å². The van der Waals surface area contributed by atoms with Crippen molar-refractivity contribution in [3.63, 3.8) is 0 Å². The first kappa shape index (κ1) is 9.24. The maximum Gasteiger partial charge on any atom is 0.220 e. The standard InChI is InChI=1S/C10H8ClNO2/c11-8-4-2-1-3-7(8)9-5-12-10(6-13)14-9/h1-5,13H,6H2. The quantitative estimate of drug-likeness (QED) is 0.827. The topological polar surface area (TPSA) is 46.3 Å². The molecule has 0 aliphatic rings. The van der Waals surface area contributed by atoms with E-state index in [2.05, 4.69) is 4.98 Å². The van der Waals surface area contributed by atoms with E-state index in [0.29, 0.717) is 16.7 Å². The third kappa shape index (κ3) is 1.64. The van der Waals surface area contributed by atoms with Crippen LogP contribution in [0.1, 0.15) is 5.89 Å². The normalized spacial score (nSPS) is 10.4. The summed E-state index contributed by atoms with van der Waals surface area (Å²) < 4.78 is 5.25. The van der Waals surface area contributed by atoms with Gasteiger partial charge in [0.15, 0.2) is 5.76 Å². The van der Waals surface area contributed by atoms with Crippen molar-refractivity contribution in [1.29, 1.82) is 0 Å². The van der Waals surface area contributed by atoms with Gasteiger partial charge in [0, 0.05) is 5.56 Å². The molecule has 0 aliphatic carbocycles. The second-order valence-electron chi connectivity index (χ2n) is 2.76. The minimum atomic E-state index is -0.204. The first-order chi connectivity index (χ1) is 6.81. The number of aromatic nitrogens is 1. The minimum Gasteiger partial charge on any atom is -0.438 e. The van der Waals surface area contributed by atoms with Crippen molar-refractivity contribution in [3.8, 4) is 11.3 Å². The highest BCUT2D eigenvalue weighted by atomic mass is 35.5. The molecular formula is C10H8ClNO2. The summed E-state index contributed by atoms with van der Waals surface area (Å²) in [4.78, 5) is 3.88. The summed E-state index contributed by atoms with van der Waals surface area (Å²) in [6.07, 6.45) is 1.55. The number of aliphatic hydroxyl groups is 1. The van der Waals surface area contributed by atoms with E-state index in [1.807, 2.05) is 18.2 Å². The van der Waals surface area contributed by atoms with Crippen LogP contribution >= 0.6 is 11.6 Å². The van der Waals surface area contributed by atoms with Crippen LogP contribution in [0.15, 0.2) is 34.9 Å². The van der Waals surface area contributed by atoms with Gasteiger partial charge in [-0.15, -0.1) is 0 Å². The second kappa shape index (κ2) is 3.82. The summed E-state index contributed by atoms with van der Waals surface area (Å²) in [7, 11) is 0. The molecule has 2 aromatic rings. The molecule has 0 amide bonds. The third-order valence-electron chi connectivity index (χ3n) is 1.83. The predicted molar refractivity (Wildman–Crippen MR) is 52.9 cm³/mol. The molecule has 0 fully saturated rings. The molecule has 0 saturated carbocycles. The lowest BCUT2D eigenvalue weighted by molar-refractivity contribution is 0.241. The molecule has 0 bridgehead atoms. The minimum absolute atomic E-state index is 0.204. The van der Waals surface area contributed by atoms with Gasteiger partial charge in [0.2, 0.25) is 5.89 Å². The van der Waals surface area contributed by atoms with Gasteiger partial charge >= 0.3 is 0 Å². The first-order valence-corrected chi connectivity index (χ1v) is 4.49. The third-order valence-corrected chi connectivity index (χ3v) is 2.16. The van der Waals surface area contributed by atoms with Gasteiger partial charge in [-0.25, -0.2) is 4.98 Å². The fourth-order valence-electron chi connectivity index (χ4n) is 1.17. The van der Waals surface area contributed by atoms with E-state index in [4.69, 9.17) is 21.1 Å². The van der Waals surface area contributed by atoms with Gasteiger partial charge in [0.05, 0.1) is 11.2 Å².